The number of rotatable bonds is 7. The van der Waals surface area contributed by atoms with Crippen molar-refractivity contribution >= 4 is 33.3 Å². The zero-order valence-corrected chi connectivity index (χ0v) is 18.1. The molecular formula is C18H26N4O6S2. The number of hydrogen-bond acceptors (Lipinski definition) is 7. The van der Waals surface area contributed by atoms with Gasteiger partial charge < -0.3 is 19.5 Å². The zero-order chi connectivity index (χ0) is 21.4. The molecule has 1 amide bonds. The Kier molecular flexibility index (Phi) is 8.08. The Morgan fingerprint density at radius 1 is 1.10 bits per heavy atom. The van der Waals surface area contributed by atoms with E-state index in [1.54, 1.807) is 6.07 Å². The largest absolute Gasteiger partial charge is 0.490 e. The van der Waals surface area contributed by atoms with E-state index in [1.807, 2.05) is 0 Å². The number of ether oxygens (including phenoxy) is 3. The second kappa shape index (κ2) is 10.8. The maximum atomic E-state index is 12.5. The summed E-state index contributed by atoms with van der Waals surface area (Å²) in [4.78, 5) is 11.9. The van der Waals surface area contributed by atoms with Crippen LogP contribution in [0.15, 0.2) is 23.1 Å². The van der Waals surface area contributed by atoms with Gasteiger partial charge in [-0.2, -0.15) is 0 Å². The van der Waals surface area contributed by atoms with Gasteiger partial charge in [0.1, 0.15) is 0 Å². The molecule has 30 heavy (non-hydrogen) atoms. The minimum absolute atomic E-state index is 0.0461. The lowest BCUT2D eigenvalue weighted by molar-refractivity contribution is -0.121. The lowest BCUT2D eigenvalue weighted by Gasteiger charge is -2.14. The summed E-state index contributed by atoms with van der Waals surface area (Å²) in [5, 5.41) is 3.23. The third kappa shape index (κ3) is 6.69. The van der Waals surface area contributed by atoms with E-state index >= 15 is 0 Å². The van der Waals surface area contributed by atoms with Crippen molar-refractivity contribution in [2.24, 2.45) is 0 Å². The summed E-state index contributed by atoms with van der Waals surface area (Å²) in [5.74, 6) is 0.500. The van der Waals surface area contributed by atoms with Gasteiger partial charge in [-0.1, -0.05) is 0 Å². The van der Waals surface area contributed by atoms with Gasteiger partial charge in [0.2, 0.25) is 15.9 Å². The molecule has 1 aromatic rings. The third-order valence-electron chi connectivity index (χ3n) is 4.50. The molecule has 3 rings (SSSR count). The molecule has 1 aromatic carbocycles. The molecule has 0 bridgehead atoms. The van der Waals surface area contributed by atoms with Crippen LogP contribution in [0.2, 0.25) is 0 Å². The highest BCUT2D eigenvalue weighted by atomic mass is 32.2. The highest BCUT2D eigenvalue weighted by Crippen LogP contribution is 2.31. The van der Waals surface area contributed by atoms with Gasteiger partial charge in [0.05, 0.1) is 24.2 Å². The molecule has 10 nitrogen and oxygen atoms in total. The Labute approximate surface area is 181 Å². The number of hydrazine groups is 1. The van der Waals surface area contributed by atoms with Gasteiger partial charge in [0.15, 0.2) is 16.6 Å². The fourth-order valence-corrected chi connectivity index (χ4v) is 4.12. The summed E-state index contributed by atoms with van der Waals surface area (Å²) in [6.07, 6.45) is 2.80. The van der Waals surface area contributed by atoms with E-state index in [0.29, 0.717) is 31.3 Å². The average Bonchev–Trinajstić information content (AvgIpc) is 3.14. The SMILES string of the molecule is O=C(CCNS(=O)(=O)c1ccc2c(c1)OCCCO2)NNC(=S)NCC1CCCO1. The number of benzene rings is 1. The highest BCUT2D eigenvalue weighted by molar-refractivity contribution is 7.89. The minimum Gasteiger partial charge on any atom is -0.490 e. The number of hydrogen-bond donors (Lipinski definition) is 4. The predicted molar refractivity (Wildman–Crippen MR) is 113 cm³/mol. The van der Waals surface area contributed by atoms with Crippen molar-refractivity contribution in [1.82, 2.24) is 20.9 Å². The summed E-state index contributed by atoms with van der Waals surface area (Å²) in [5.41, 5.74) is 5.01. The van der Waals surface area contributed by atoms with E-state index in [4.69, 9.17) is 26.4 Å². The van der Waals surface area contributed by atoms with E-state index in [2.05, 4.69) is 20.9 Å². The van der Waals surface area contributed by atoms with Gasteiger partial charge >= 0.3 is 0 Å². The van der Waals surface area contributed by atoms with Gasteiger partial charge in [0, 0.05) is 38.6 Å². The van der Waals surface area contributed by atoms with Crippen molar-refractivity contribution in [3.05, 3.63) is 18.2 Å². The molecule has 2 aliphatic heterocycles. The van der Waals surface area contributed by atoms with Crippen LogP contribution in [0.25, 0.3) is 0 Å². The molecule has 2 aliphatic rings. The Balaban J connectivity index is 1.38. The first-order chi connectivity index (χ1) is 14.4. The van der Waals surface area contributed by atoms with Crippen LogP contribution in [-0.2, 0) is 19.6 Å². The van der Waals surface area contributed by atoms with Crippen molar-refractivity contribution in [1.29, 1.82) is 0 Å². The van der Waals surface area contributed by atoms with Gasteiger partial charge in [-0.15, -0.1) is 0 Å². The first-order valence-electron chi connectivity index (χ1n) is 9.77. The van der Waals surface area contributed by atoms with Crippen LogP contribution in [0.3, 0.4) is 0 Å². The molecular weight excluding hydrogens is 432 g/mol. The van der Waals surface area contributed by atoms with E-state index in [0.717, 1.165) is 25.9 Å². The quantitative estimate of drug-likeness (QED) is 0.334. The summed E-state index contributed by atoms with van der Waals surface area (Å²) in [6, 6.07) is 4.43. The lowest BCUT2D eigenvalue weighted by atomic mass is 10.2. The highest BCUT2D eigenvalue weighted by Gasteiger charge is 2.19. The molecule has 0 spiro atoms. The molecule has 0 aliphatic carbocycles. The summed E-state index contributed by atoms with van der Waals surface area (Å²) in [6.45, 7) is 2.23. The second-order valence-electron chi connectivity index (χ2n) is 6.83. The Morgan fingerprint density at radius 3 is 2.67 bits per heavy atom. The lowest BCUT2D eigenvalue weighted by Crippen LogP contribution is -2.48. The Bertz CT molecular complexity index is 858. The van der Waals surface area contributed by atoms with E-state index in [9.17, 15) is 13.2 Å². The van der Waals surface area contributed by atoms with E-state index < -0.39 is 15.9 Å². The number of sulfonamides is 1. The monoisotopic (exact) mass is 458 g/mol. The van der Waals surface area contributed by atoms with E-state index in [-0.39, 0.29) is 29.1 Å². The van der Waals surface area contributed by atoms with Gasteiger partial charge in [-0.25, -0.2) is 13.1 Å². The van der Waals surface area contributed by atoms with Crippen LogP contribution in [-0.4, -0.2) is 58.5 Å². The molecule has 2 heterocycles. The average molecular weight is 459 g/mol. The summed E-state index contributed by atoms with van der Waals surface area (Å²) < 4.78 is 43.8. The van der Waals surface area contributed by atoms with Crippen molar-refractivity contribution in [3.63, 3.8) is 0 Å². The minimum atomic E-state index is -3.79. The van der Waals surface area contributed by atoms with Crippen LogP contribution in [0.4, 0.5) is 0 Å². The molecule has 1 atom stereocenters. The van der Waals surface area contributed by atoms with Crippen molar-refractivity contribution in [2.75, 3.05) is 32.9 Å². The molecule has 1 unspecified atom stereocenters. The maximum absolute atomic E-state index is 12.5. The number of nitrogens with one attached hydrogen (secondary N) is 4. The van der Waals surface area contributed by atoms with Crippen molar-refractivity contribution in [3.8, 4) is 11.5 Å². The number of thiocarbonyl (C=S) groups is 1. The molecule has 0 aromatic heterocycles. The summed E-state index contributed by atoms with van der Waals surface area (Å²) in [7, 11) is -3.79. The first kappa shape index (κ1) is 22.5. The molecule has 12 heteroatoms. The molecule has 166 valence electrons. The van der Waals surface area contributed by atoms with Crippen molar-refractivity contribution < 1.29 is 27.4 Å². The third-order valence-corrected chi connectivity index (χ3v) is 6.21. The van der Waals surface area contributed by atoms with Crippen LogP contribution >= 0.6 is 12.2 Å². The standard InChI is InChI=1S/C18H26N4O6S2/c23-17(21-22-18(29)19-12-13-3-1-8-26-13)6-7-20-30(24,25)14-4-5-15-16(11-14)28-10-2-9-27-15/h4-5,11,13,20H,1-3,6-10,12H2,(H,21,23)(H2,19,22,29). The predicted octanol–water partition coefficient (Wildman–Crippen LogP) is 0.191. The van der Waals surface area contributed by atoms with Gasteiger partial charge in [-0.3, -0.25) is 15.6 Å². The molecule has 1 fully saturated rings. The first-order valence-corrected chi connectivity index (χ1v) is 11.7. The maximum Gasteiger partial charge on any atom is 0.240 e. The van der Waals surface area contributed by atoms with Gasteiger partial charge in [-0.05, 0) is 37.2 Å². The van der Waals surface area contributed by atoms with Crippen LogP contribution in [0.1, 0.15) is 25.7 Å². The van der Waals surface area contributed by atoms with Crippen LogP contribution in [0, 0.1) is 0 Å². The number of amides is 1. The number of fused-ring (bicyclic) bond motifs is 1. The second-order valence-corrected chi connectivity index (χ2v) is 9.00. The summed E-state index contributed by atoms with van der Waals surface area (Å²) >= 11 is 5.08. The molecule has 4 N–H and O–H groups in total. The molecule has 0 saturated carbocycles. The van der Waals surface area contributed by atoms with Gasteiger partial charge in [0.25, 0.3) is 0 Å². The fraction of sp³-hybridized carbons (Fsp3) is 0.556. The van der Waals surface area contributed by atoms with Crippen molar-refractivity contribution in [2.45, 2.75) is 36.7 Å². The molecule has 1 saturated heterocycles. The smallest absolute Gasteiger partial charge is 0.240 e. The molecule has 0 radical (unpaired) electrons. The normalized spacial score (nSPS) is 18.3. The number of carbonyl (C=O) groups excluding carboxylic acids is 1. The van der Waals surface area contributed by atoms with E-state index in [1.165, 1.54) is 12.1 Å². The fourth-order valence-electron chi connectivity index (χ4n) is 2.94. The number of carbonyl (C=O) groups is 1. The van der Waals surface area contributed by atoms with Crippen LogP contribution < -0.4 is 30.4 Å². The Hall–Kier alpha value is -2.15. The van der Waals surface area contributed by atoms with Crippen LogP contribution in [0.5, 0.6) is 11.5 Å². The topological polar surface area (TPSA) is 127 Å². The Morgan fingerprint density at radius 2 is 1.90 bits per heavy atom. The zero-order valence-electron chi connectivity index (χ0n) is 16.4.